The Kier molecular flexibility index (Phi) is 8.46. The lowest BCUT2D eigenvalue weighted by Crippen LogP contribution is -2.37. The number of hydrogen-bond acceptors (Lipinski definition) is 2. The summed E-state index contributed by atoms with van der Waals surface area (Å²) in [5.41, 5.74) is 0.734. The van der Waals surface area contributed by atoms with E-state index in [0.717, 1.165) is 5.70 Å². The van der Waals surface area contributed by atoms with Crippen molar-refractivity contribution < 1.29 is 9.59 Å². The zero-order valence-corrected chi connectivity index (χ0v) is 12.9. The molecule has 0 fully saturated rings. The first-order chi connectivity index (χ1) is 9.92. The van der Waals surface area contributed by atoms with Gasteiger partial charge in [-0.05, 0) is 32.1 Å². The average molecular weight is 288 g/mol. The van der Waals surface area contributed by atoms with E-state index in [-0.39, 0.29) is 17.9 Å². The number of rotatable bonds is 9. The number of nitrogens with zero attached hydrogens (tertiary/aromatic N) is 2. The number of carbonyl (C=O) groups excluding carboxylic acids is 2. The zero-order chi connectivity index (χ0) is 16.4. The Morgan fingerprint density at radius 1 is 1.00 bits per heavy atom. The SMILES string of the molecule is C=CCN(C(=O)C=C)/C(C)=C/C(C)N(CC=C)C(=O)C=C. The summed E-state index contributed by atoms with van der Waals surface area (Å²) in [6.07, 6.45) is 7.65. The lowest BCUT2D eigenvalue weighted by Gasteiger charge is -2.27. The van der Waals surface area contributed by atoms with Gasteiger partial charge in [0.15, 0.2) is 0 Å². The van der Waals surface area contributed by atoms with Crippen LogP contribution < -0.4 is 0 Å². The standard InChI is InChI=1S/C17H24N2O2/c1-7-11-18(16(20)9-3)14(5)13-15(6)19(12-8-2)17(21)10-4/h7-10,13-14H,1-4,11-12H2,5-6H3/b15-13+. The van der Waals surface area contributed by atoms with Crippen LogP contribution in [0.4, 0.5) is 0 Å². The monoisotopic (exact) mass is 288 g/mol. The van der Waals surface area contributed by atoms with Gasteiger partial charge in [-0.1, -0.05) is 25.3 Å². The van der Waals surface area contributed by atoms with Crippen molar-refractivity contribution in [2.45, 2.75) is 19.9 Å². The summed E-state index contributed by atoms with van der Waals surface area (Å²) in [5, 5.41) is 0. The Hall–Kier alpha value is -2.36. The quantitative estimate of drug-likeness (QED) is 0.483. The highest BCUT2D eigenvalue weighted by Crippen LogP contribution is 2.10. The fraction of sp³-hybridized carbons (Fsp3) is 0.294. The molecule has 0 heterocycles. The molecule has 0 aliphatic rings. The van der Waals surface area contributed by atoms with Crippen LogP contribution in [0.15, 0.2) is 62.4 Å². The van der Waals surface area contributed by atoms with Crippen molar-refractivity contribution in [3.63, 3.8) is 0 Å². The molecule has 0 saturated carbocycles. The van der Waals surface area contributed by atoms with Crippen molar-refractivity contribution in [1.29, 1.82) is 0 Å². The molecule has 0 aliphatic heterocycles. The van der Waals surface area contributed by atoms with Gasteiger partial charge in [0.25, 0.3) is 0 Å². The van der Waals surface area contributed by atoms with Crippen molar-refractivity contribution >= 4 is 11.8 Å². The summed E-state index contributed by atoms with van der Waals surface area (Å²) in [5.74, 6) is -0.391. The van der Waals surface area contributed by atoms with Crippen molar-refractivity contribution in [2.75, 3.05) is 13.1 Å². The van der Waals surface area contributed by atoms with Gasteiger partial charge in [-0.3, -0.25) is 9.59 Å². The third kappa shape index (κ3) is 5.65. The lowest BCUT2D eigenvalue weighted by molar-refractivity contribution is -0.126. The molecule has 1 atom stereocenters. The van der Waals surface area contributed by atoms with E-state index in [2.05, 4.69) is 26.3 Å². The maximum atomic E-state index is 11.8. The van der Waals surface area contributed by atoms with Gasteiger partial charge in [0.1, 0.15) is 0 Å². The maximum absolute atomic E-state index is 11.8. The maximum Gasteiger partial charge on any atom is 0.250 e. The Balaban J connectivity index is 5.30. The third-order valence-corrected chi connectivity index (χ3v) is 2.94. The Labute approximate surface area is 127 Å². The number of carbonyl (C=O) groups is 2. The molecular weight excluding hydrogens is 264 g/mol. The molecular formula is C17H24N2O2. The van der Waals surface area contributed by atoms with Crippen molar-refractivity contribution in [1.82, 2.24) is 9.80 Å². The van der Waals surface area contributed by atoms with Gasteiger partial charge in [0, 0.05) is 24.8 Å². The third-order valence-electron chi connectivity index (χ3n) is 2.94. The van der Waals surface area contributed by atoms with Gasteiger partial charge in [-0.2, -0.15) is 0 Å². The average Bonchev–Trinajstić information content (AvgIpc) is 2.48. The van der Waals surface area contributed by atoms with E-state index >= 15 is 0 Å². The molecule has 0 aromatic carbocycles. The van der Waals surface area contributed by atoms with E-state index < -0.39 is 0 Å². The van der Waals surface area contributed by atoms with Gasteiger partial charge < -0.3 is 9.80 Å². The molecule has 4 nitrogen and oxygen atoms in total. The largest absolute Gasteiger partial charge is 0.329 e. The highest BCUT2D eigenvalue weighted by atomic mass is 16.2. The second kappa shape index (κ2) is 9.53. The normalized spacial score (nSPS) is 12.0. The zero-order valence-electron chi connectivity index (χ0n) is 12.9. The van der Waals surface area contributed by atoms with Crippen LogP contribution in [0.1, 0.15) is 13.8 Å². The van der Waals surface area contributed by atoms with Gasteiger partial charge in [0.2, 0.25) is 11.8 Å². The molecule has 0 bridgehead atoms. The molecule has 0 aromatic heterocycles. The predicted molar refractivity (Wildman–Crippen MR) is 87.4 cm³/mol. The minimum absolute atomic E-state index is 0.184. The summed E-state index contributed by atoms with van der Waals surface area (Å²) in [4.78, 5) is 26.8. The van der Waals surface area contributed by atoms with Crippen LogP contribution in [-0.2, 0) is 9.59 Å². The molecule has 0 rings (SSSR count). The topological polar surface area (TPSA) is 40.6 Å². The van der Waals surface area contributed by atoms with Crippen LogP contribution in [0.25, 0.3) is 0 Å². The van der Waals surface area contributed by atoms with E-state index in [0.29, 0.717) is 13.1 Å². The molecule has 1 unspecified atom stereocenters. The van der Waals surface area contributed by atoms with E-state index in [1.54, 1.807) is 22.0 Å². The van der Waals surface area contributed by atoms with Gasteiger partial charge >= 0.3 is 0 Å². The minimum Gasteiger partial charge on any atom is -0.329 e. The van der Waals surface area contributed by atoms with Crippen LogP contribution in [0.2, 0.25) is 0 Å². The van der Waals surface area contributed by atoms with Crippen molar-refractivity contribution in [3.05, 3.63) is 62.4 Å². The van der Waals surface area contributed by atoms with Gasteiger partial charge in [0.05, 0.1) is 0 Å². The molecule has 0 radical (unpaired) electrons. The van der Waals surface area contributed by atoms with Crippen LogP contribution in [-0.4, -0.2) is 40.7 Å². The molecule has 4 heteroatoms. The highest BCUT2D eigenvalue weighted by Gasteiger charge is 2.17. The minimum atomic E-state index is -0.207. The van der Waals surface area contributed by atoms with Crippen LogP contribution in [0.5, 0.6) is 0 Å². The lowest BCUT2D eigenvalue weighted by atomic mass is 10.2. The van der Waals surface area contributed by atoms with E-state index in [1.807, 2.05) is 19.9 Å². The molecule has 0 aromatic rings. The highest BCUT2D eigenvalue weighted by molar-refractivity contribution is 5.89. The first-order valence-electron chi connectivity index (χ1n) is 6.70. The molecule has 2 amide bonds. The fourth-order valence-electron chi connectivity index (χ4n) is 1.89. The first kappa shape index (κ1) is 18.6. The summed E-state index contributed by atoms with van der Waals surface area (Å²) in [6, 6.07) is -0.196. The predicted octanol–water partition coefficient (Wildman–Crippen LogP) is 2.68. The van der Waals surface area contributed by atoms with Gasteiger partial charge in [-0.25, -0.2) is 0 Å². The van der Waals surface area contributed by atoms with Gasteiger partial charge in [-0.15, -0.1) is 13.2 Å². The van der Waals surface area contributed by atoms with E-state index in [1.165, 1.54) is 12.2 Å². The number of hydrogen-bond donors (Lipinski definition) is 0. The van der Waals surface area contributed by atoms with Crippen LogP contribution in [0.3, 0.4) is 0 Å². The molecule has 114 valence electrons. The molecule has 21 heavy (non-hydrogen) atoms. The summed E-state index contributed by atoms with van der Waals surface area (Å²) in [6.45, 7) is 18.7. The number of amides is 2. The molecule has 0 saturated heterocycles. The Bertz CT molecular complexity index is 463. The Morgan fingerprint density at radius 2 is 1.52 bits per heavy atom. The van der Waals surface area contributed by atoms with E-state index in [9.17, 15) is 9.59 Å². The number of allylic oxidation sites excluding steroid dienone is 1. The van der Waals surface area contributed by atoms with Crippen molar-refractivity contribution in [2.24, 2.45) is 0 Å². The van der Waals surface area contributed by atoms with Crippen LogP contribution in [0, 0.1) is 0 Å². The van der Waals surface area contributed by atoms with Crippen molar-refractivity contribution in [3.8, 4) is 0 Å². The molecule has 0 spiro atoms. The molecule has 0 N–H and O–H groups in total. The summed E-state index contributed by atoms with van der Waals surface area (Å²) >= 11 is 0. The second-order valence-corrected chi connectivity index (χ2v) is 4.47. The Morgan fingerprint density at radius 3 is 1.95 bits per heavy atom. The summed E-state index contributed by atoms with van der Waals surface area (Å²) < 4.78 is 0. The smallest absolute Gasteiger partial charge is 0.250 e. The van der Waals surface area contributed by atoms with Crippen LogP contribution >= 0.6 is 0 Å². The summed E-state index contributed by atoms with van der Waals surface area (Å²) in [7, 11) is 0. The second-order valence-electron chi connectivity index (χ2n) is 4.47. The fourth-order valence-corrected chi connectivity index (χ4v) is 1.89. The van der Waals surface area contributed by atoms with E-state index in [4.69, 9.17) is 0 Å². The first-order valence-corrected chi connectivity index (χ1v) is 6.70. The molecule has 0 aliphatic carbocycles.